The van der Waals surface area contributed by atoms with E-state index in [4.69, 9.17) is 16.7 Å². The van der Waals surface area contributed by atoms with E-state index >= 15 is 0 Å². The third-order valence-electron chi connectivity index (χ3n) is 0.834. The molecule has 2 N–H and O–H groups in total. The first-order valence-electron chi connectivity index (χ1n) is 2.83. The van der Waals surface area contributed by atoms with Gasteiger partial charge in [0, 0.05) is 5.03 Å². The van der Waals surface area contributed by atoms with Gasteiger partial charge in [-0.1, -0.05) is 18.2 Å². The van der Waals surface area contributed by atoms with Crippen molar-refractivity contribution in [3.63, 3.8) is 0 Å². The van der Waals surface area contributed by atoms with E-state index in [2.05, 4.69) is 11.9 Å². The van der Waals surface area contributed by atoms with Gasteiger partial charge in [0.15, 0.2) is 0 Å². The zero-order valence-corrected chi connectivity index (χ0v) is 6.48. The monoisotopic (exact) mass is 163 g/mol. The molecule has 0 fully saturated rings. The molecule has 0 saturated heterocycles. The molecular formula is C6H10ClNO2. The summed E-state index contributed by atoms with van der Waals surface area (Å²) in [6.45, 7) is 4.94. The minimum Gasteiger partial charge on any atom is -0.384 e. The van der Waals surface area contributed by atoms with Crippen LogP contribution in [-0.2, 0) is 4.79 Å². The highest BCUT2D eigenvalue weighted by atomic mass is 35.5. The summed E-state index contributed by atoms with van der Waals surface area (Å²) in [6, 6.07) is 0. The zero-order chi connectivity index (χ0) is 8.15. The molecule has 0 aromatic rings. The molecule has 58 valence electrons. The number of hydrogen-bond donors (Lipinski definition) is 2. The molecule has 10 heavy (non-hydrogen) atoms. The quantitative estimate of drug-likeness (QED) is 0.626. The maximum atomic E-state index is 10.6. The number of aliphatic hydroxyl groups excluding tert-OH is 1. The minimum absolute atomic E-state index is 0.200. The van der Waals surface area contributed by atoms with Gasteiger partial charge in [-0.05, 0) is 6.92 Å². The van der Waals surface area contributed by atoms with Gasteiger partial charge in [-0.25, -0.2) is 0 Å². The van der Waals surface area contributed by atoms with Crippen LogP contribution in [0.5, 0.6) is 0 Å². The van der Waals surface area contributed by atoms with Crippen LogP contribution >= 0.6 is 11.6 Å². The number of nitrogens with one attached hydrogen (secondary N) is 1. The molecular weight excluding hydrogens is 154 g/mol. The fraction of sp³-hybridized carbons (Fsp3) is 0.500. The Balaban J connectivity index is 3.50. The number of aliphatic hydroxyl groups is 1. The highest BCUT2D eigenvalue weighted by Gasteiger charge is 2.06. The molecule has 1 amide bonds. The summed E-state index contributed by atoms with van der Waals surface area (Å²) < 4.78 is 0. The van der Waals surface area contributed by atoms with Crippen molar-refractivity contribution in [2.24, 2.45) is 0 Å². The van der Waals surface area contributed by atoms with Gasteiger partial charge in [0.2, 0.25) is 5.91 Å². The van der Waals surface area contributed by atoms with Crippen molar-refractivity contribution < 1.29 is 9.90 Å². The SMILES string of the molecule is C=C(Cl)CNC(=O)[C@H](C)O. The van der Waals surface area contributed by atoms with Gasteiger partial charge < -0.3 is 10.4 Å². The first-order valence-corrected chi connectivity index (χ1v) is 3.21. The fourth-order valence-corrected chi connectivity index (χ4v) is 0.398. The zero-order valence-electron chi connectivity index (χ0n) is 5.72. The summed E-state index contributed by atoms with van der Waals surface area (Å²) in [4.78, 5) is 10.6. The number of hydrogen-bond acceptors (Lipinski definition) is 2. The van der Waals surface area contributed by atoms with E-state index in [1.54, 1.807) is 0 Å². The third kappa shape index (κ3) is 4.35. The summed E-state index contributed by atoms with van der Waals surface area (Å²) in [5.41, 5.74) is 0. The Bertz CT molecular complexity index is 145. The number of carbonyl (C=O) groups is 1. The molecule has 0 unspecified atom stereocenters. The summed E-state index contributed by atoms with van der Waals surface area (Å²) in [5, 5.41) is 11.4. The number of halogens is 1. The van der Waals surface area contributed by atoms with Crippen molar-refractivity contribution in [3.05, 3.63) is 11.6 Å². The first kappa shape index (κ1) is 9.46. The molecule has 3 nitrogen and oxygen atoms in total. The molecule has 0 aliphatic heterocycles. The molecule has 0 spiro atoms. The molecule has 0 aliphatic carbocycles. The second-order valence-electron chi connectivity index (χ2n) is 1.91. The van der Waals surface area contributed by atoms with E-state index in [0.29, 0.717) is 5.03 Å². The molecule has 4 heteroatoms. The van der Waals surface area contributed by atoms with Gasteiger partial charge in [0.1, 0.15) is 6.10 Å². The molecule has 0 bridgehead atoms. The molecule has 0 radical (unpaired) electrons. The van der Waals surface area contributed by atoms with Crippen molar-refractivity contribution in [1.29, 1.82) is 0 Å². The highest BCUT2D eigenvalue weighted by Crippen LogP contribution is 1.92. The standard InChI is InChI=1S/C6H10ClNO2/c1-4(7)3-8-6(10)5(2)9/h5,9H,1,3H2,2H3,(H,8,10)/t5-/m0/s1. The Hall–Kier alpha value is -0.540. The van der Waals surface area contributed by atoms with Crippen LogP contribution in [-0.4, -0.2) is 23.7 Å². The van der Waals surface area contributed by atoms with Crippen LogP contribution in [0.4, 0.5) is 0 Å². The molecule has 0 saturated carbocycles. The highest BCUT2D eigenvalue weighted by molar-refractivity contribution is 6.29. The van der Waals surface area contributed by atoms with E-state index < -0.39 is 12.0 Å². The number of rotatable bonds is 3. The van der Waals surface area contributed by atoms with Gasteiger partial charge in [0.25, 0.3) is 0 Å². The molecule has 0 rings (SSSR count). The first-order chi connectivity index (χ1) is 4.54. The molecule has 1 atom stereocenters. The average Bonchev–Trinajstić information content (AvgIpc) is 1.82. The average molecular weight is 164 g/mol. The lowest BCUT2D eigenvalue weighted by Gasteiger charge is -2.04. The van der Waals surface area contributed by atoms with Gasteiger partial charge in [-0.15, -0.1) is 0 Å². The second kappa shape index (κ2) is 4.30. The molecule has 0 aromatic carbocycles. The summed E-state index contributed by atoms with van der Waals surface area (Å²) in [7, 11) is 0. The molecule has 0 aliphatic rings. The van der Waals surface area contributed by atoms with Crippen LogP contribution in [0.1, 0.15) is 6.92 Å². The van der Waals surface area contributed by atoms with Crippen LogP contribution in [0.25, 0.3) is 0 Å². The van der Waals surface area contributed by atoms with E-state index in [0.717, 1.165) is 0 Å². The smallest absolute Gasteiger partial charge is 0.248 e. The van der Waals surface area contributed by atoms with Crippen molar-refractivity contribution in [2.75, 3.05) is 6.54 Å². The Morgan fingerprint density at radius 2 is 2.40 bits per heavy atom. The number of carbonyl (C=O) groups excluding carboxylic acids is 1. The van der Waals surface area contributed by atoms with Crippen LogP contribution < -0.4 is 5.32 Å². The Morgan fingerprint density at radius 1 is 1.90 bits per heavy atom. The van der Waals surface area contributed by atoms with Gasteiger partial charge in [-0.2, -0.15) is 0 Å². The predicted molar refractivity (Wildman–Crippen MR) is 39.7 cm³/mol. The lowest BCUT2D eigenvalue weighted by molar-refractivity contribution is -0.128. The van der Waals surface area contributed by atoms with Crippen molar-refractivity contribution >= 4 is 17.5 Å². The predicted octanol–water partition coefficient (Wildman–Crippen LogP) is 0.236. The molecule has 0 heterocycles. The fourth-order valence-electron chi connectivity index (χ4n) is 0.331. The lowest BCUT2D eigenvalue weighted by atomic mass is 10.4. The van der Waals surface area contributed by atoms with Crippen LogP contribution in [0.3, 0.4) is 0 Å². The van der Waals surface area contributed by atoms with E-state index in [-0.39, 0.29) is 6.54 Å². The normalized spacial score (nSPS) is 12.3. The van der Waals surface area contributed by atoms with Crippen LogP contribution in [0, 0.1) is 0 Å². The molecule has 0 aromatic heterocycles. The maximum absolute atomic E-state index is 10.6. The third-order valence-corrected chi connectivity index (χ3v) is 0.968. The van der Waals surface area contributed by atoms with Crippen molar-refractivity contribution in [3.8, 4) is 0 Å². The van der Waals surface area contributed by atoms with E-state index in [1.165, 1.54) is 6.92 Å². The van der Waals surface area contributed by atoms with Crippen LogP contribution in [0.15, 0.2) is 11.6 Å². The largest absolute Gasteiger partial charge is 0.384 e. The van der Waals surface area contributed by atoms with Crippen LogP contribution in [0.2, 0.25) is 0 Å². The lowest BCUT2D eigenvalue weighted by Crippen LogP contribution is -2.33. The van der Waals surface area contributed by atoms with E-state index in [9.17, 15) is 4.79 Å². The summed E-state index contributed by atoms with van der Waals surface area (Å²) in [6.07, 6.45) is -0.990. The summed E-state index contributed by atoms with van der Waals surface area (Å²) in [5.74, 6) is -0.443. The Morgan fingerprint density at radius 3 is 2.70 bits per heavy atom. The topological polar surface area (TPSA) is 49.3 Å². The van der Waals surface area contributed by atoms with Crippen molar-refractivity contribution in [1.82, 2.24) is 5.32 Å². The van der Waals surface area contributed by atoms with Gasteiger partial charge >= 0.3 is 0 Å². The van der Waals surface area contributed by atoms with Gasteiger partial charge in [0.05, 0.1) is 6.54 Å². The Kier molecular flexibility index (Phi) is 4.07. The number of amides is 1. The van der Waals surface area contributed by atoms with E-state index in [1.807, 2.05) is 0 Å². The Labute approximate surface area is 64.7 Å². The summed E-state index contributed by atoms with van der Waals surface area (Å²) >= 11 is 5.34. The van der Waals surface area contributed by atoms with Crippen molar-refractivity contribution in [2.45, 2.75) is 13.0 Å². The maximum Gasteiger partial charge on any atom is 0.248 e. The second-order valence-corrected chi connectivity index (χ2v) is 2.45. The minimum atomic E-state index is -0.990. The van der Waals surface area contributed by atoms with Gasteiger partial charge in [-0.3, -0.25) is 4.79 Å².